The number of sulfonamides is 1. The van der Waals surface area contributed by atoms with Gasteiger partial charge in [-0.1, -0.05) is 12.1 Å². The molecule has 0 unspecified atom stereocenters. The summed E-state index contributed by atoms with van der Waals surface area (Å²) < 4.78 is 39.1. The van der Waals surface area contributed by atoms with Crippen LogP contribution in [-0.2, 0) is 16.6 Å². The molecule has 4 rings (SSSR count). The maximum atomic E-state index is 13.6. The largest absolute Gasteiger partial charge is 0.331 e. The number of nitrogens with two attached hydrogens (primary N) is 1. The molecule has 3 N–H and O–H groups in total. The van der Waals surface area contributed by atoms with Gasteiger partial charge in [-0.3, -0.25) is 4.79 Å². The van der Waals surface area contributed by atoms with Crippen molar-refractivity contribution in [1.29, 1.82) is 0 Å². The van der Waals surface area contributed by atoms with Crippen LogP contribution in [0.5, 0.6) is 0 Å². The zero-order valence-corrected chi connectivity index (χ0v) is 16.6. The first-order chi connectivity index (χ1) is 13.8. The number of benzene rings is 2. The van der Waals surface area contributed by atoms with Crippen LogP contribution in [0.4, 0.5) is 10.1 Å². The van der Waals surface area contributed by atoms with Crippen LogP contribution in [-0.4, -0.2) is 18.9 Å². The van der Waals surface area contributed by atoms with Crippen molar-refractivity contribution in [2.45, 2.75) is 11.4 Å². The molecule has 0 spiro atoms. The number of rotatable bonds is 5. The Bertz CT molecular complexity index is 1310. The molecule has 4 aromatic rings. The van der Waals surface area contributed by atoms with Gasteiger partial charge >= 0.3 is 0 Å². The van der Waals surface area contributed by atoms with Crippen molar-refractivity contribution in [3.63, 3.8) is 0 Å². The number of hydrogen-bond donors (Lipinski definition) is 2. The van der Waals surface area contributed by atoms with E-state index in [1.165, 1.54) is 47.7 Å². The molecule has 0 aliphatic carbocycles. The molecule has 0 saturated heterocycles. The van der Waals surface area contributed by atoms with Crippen molar-refractivity contribution in [2.75, 3.05) is 5.32 Å². The molecular weight excluding hydrogens is 413 g/mol. The third-order valence-electron chi connectivity index (χ3n) is 4.43. The van der Waals surface area contributed by atoms with E-state index in [-0.39, 0.29) is 16.6 Å². The molecule has 148 valence electrons. The number of nitrogens with zero attached hydrogens (tertiary/aromatic N) is 1. The molecule has 9 heteroatoms. The zero-order chi connectivity index (χ0) is 20.6. The number of hydrogen-bond acceptors (Lipinski definition) is 4. The minimum atomic E-state index is -3.80. The summed E-state index contributed by atoms with van der Waals surface area (Å²) in [5, 5.41) is 9.78. The number of nitrogens with one attached hydrogen (secondary N) is 1. The lowest BCUT2D eigenvalue weighted by molar-refractivity contribution is 0.101. The molecule has 6 nitrogen and oxygen atoms in total. The fourth-order valence-electron chi connectivity index (χ4n) is 3.08. The molecule has 1 amide bonds. The maximum absolute atomic E-state index is 13.6. The second-order valence-corrected chi connectivity index (χ2v) is 8.95. The fourth-order valence-corrected chi connectivity index (χ4v) is 4.41. The Morgan fingerprint density at radius 2 is 1.86 bits per heavy atom. The Hall–Kier alpha value is -3.01. The summed E-state index contributed by atoms with van der Waals surface area (Å²) in [6, 6.07) is 15.5. The van der Waals surface area contributed by atoms with Gasteiger partial charge in [-0.25, -0.2) is 17.9 Å². The van der Waals surface area contributed by atoms with Crippen LogP contribution in [0.15, 0.2) is 70.9 Å². The SMILES string of the molecule is NS(=O)(=O)c1ccc(NC(=O)c2cc3sccc3n2Cc2cccc(F)c2)cc1. The van der Waals surface area contributed by atoms with Gasteiger partial charge in [0.15, 0.2) is 0 Å². The van der Waals surface area contributed by atoms with Crippen LogP contribution in [0.2, 0.25) is 0 Å². The van der Waals surface area contributed by atoms with E-state index in [4.69, 9.17) is 5.14 Å². The minimum Gasteiger partial charge on any atom is -0.331 e. The van der Waals surface area contributed by atoms with Crippen LogP contribution in [0, 0.1) is 5.82 Å². The lowest BCUT2D eigenvalue weighted by Crippen LogP contribution is -2.18. The third kappa shape index (κ3) is 4.07. The number of fused-ring (bicyclic) bond motifs is 1. The summed E-state index contributed by atoms with van der Waals surface area (Å²) in [4.78, 5) is 12.9. The number of aromatic nitrogens is 1. The number of amides is 1. The number of halogens is 1. The molecular formula is C20H16FN3O3S2. The molecule has 2 aromatic carbocycles. The first-order valence-electron chi connectivity index (χ1n) is 8.57. The van der Waals surface area contributed by atoms with E-state index < -0.39 is 10.0 Å². The van der Waals surface area contributed by atoms with E-state index in [1.54, 1.807) is 18.2 Å². The van der Waals surface area contributed by atoms with Gasteiger partial charge < -0.3 is 9.88 Å². The quantitative estimate of drug-likeness (QED) is 0.505. The molecule has 0 saturated carbocycles. The Morgan fingerprint density at radius 3 is 2.55 bits per heavy atom. The normalized spacial score (nSPS) is 11.7. The number of primary sulfonamides is 1. The summed E-state index contributed by atoms with van der Waals surface area (Å²) in [6.45, 7) is 0.338. The van der Waals surface area contributed by atoms with E-state index >= 15 is 0 Å². The Morgan fingerprint density at radius 1 is 1.10 bits per heavy atom. The van der Waals surface area contributed by atoms with Crippen molar-refractivity contribution in [3.05, 3.63) is 83.1 Å². The van der Waals surface area contributed by atoms with E-state index in [0.717, 1.165) is 15.8 Å². The average molecular weight is 429 g/mol. The van der Waals surface area contributed by atoms with E-state index in [2.05, 4.69) is 5.32 Å². The zero-order valence-electron chi connectivity index (χ0n) is 15.0. The van der Waals surface area contributed by atoms with E-state index in [1.807, 2.05) is 16.0 Å². The predicted octanol–water partition coefficient (Wildman–Crippen LogP) is 3.79. The first kappa shape index (κ1) is 19.3. The highest BCUT2D eigenvalue weighted by molar-refractivity contribution is 7.89. The Labute approximate surface area is 170 Å². The maximum Gasteiger partial charge on any atom is 0.272 e. The summed E-state index contributed by atoms with van der Waals surface area (Å²) in [6.07, 6.45) is 0. The fraction of sp³-hybridized carbons (Fsp3) is 0.0500. The third-order valence-corrected chi connectivity index (χ3v) is 6.21. The smallest absolute Gasteiger partial charge is 0.272 e. The second-order valence-electron chi connectivity index (χ2n) is 6.44. The van der Waals surface area contributed by atoms with Gasteiger partial charge in [0.2, 0.25) is 10.0 Å². The molecule has 2 aromatic heterocycles. The lowest BCUT2D eigenvalue weighted by Gasteiger charge is -2.11. The number of thiophene rings is 1. The lowest BCUT2D eigenvalue weighted by atomic mass is 10.2. The molecule has 0 fully saturated rings. The van der Waals surface area contributed by atoms with Crippen LogP contribution >= 0.6 is 11.3 Å². The molecule has 0 aliphatic heterocycles. The van der Waals surface area contributed by atoms with Gasteiger partial charge in [-0.2, -0.15) is 0 Å². The highest BCUT2D eigenvalue weighted by atomic mass is 32.2. The van der Waals surface area contributed by atoms with Crippen molar-refractivity contribution in [1.82, 2.24) is 4.57 Å². The Kier molecular flexibility index (Phi) is 4.95. The number of carbonyl (C=O) groups is 1. The summed E-state index contributed by atoms with van der Waals surface area (Å²) in [5.41, 5.74) is 2.48. The second kappa shape index (κ2) is 7.43. The minimum absolute atomic E-state index is 0.0366. The molecule has 29 heavy (non-hydrogen) atoms. The van der Waals surface area contributed by atoms with Gasteiger partial charge in [0.05, 0.1) is 15.1 Å². The van der Waals surface area contributed by atoms with Gasteiger partial charge in [0, 0.05) is 12.2 Å². The molecule has 2 heterocycles. The van der Waals surface area contributed by atoms with Gasteiger partial charge in [0.1, 0.15) is 11.5 Å². The van der Waals surface area contributed by atoms with Gasteiger partial charge in [-0.05, 0) is 59.5 Å². The molecule has 0 bridgehead atoms. The van der Waals surface area contributed by atoms with Crippen molar-refractivity contribution in [3.8, 4) is 0 Å². The van der Waals surface area contributed by atoms with Crippen LogP contribution in [0.1, 0.15) is 16.1 Å². The van der Waals surface area contributed by atoms with Crippen LogP contribution < -0.4 is 10.5 Å². The summed E-state index contributed by atoms with van der Waals surface area (Å²) >= 11 is 1.51. The summed E-state index contributed by atoms with van der Waals surface area (Å²) in [7, 11) is -3.80. The molecule has 0 atom stereocenters. The monoisotopic (exact) mass is 429 g/mol. The highest BCUT2D eigenvalue weighted by Gasteiger charge is 2.17. The number of anilines is 1. The molecule has 0 aliphatic rings. The highest BCUT2D eigenvalue weighted by Crippen LogP contribution is 2.27. The van der Waals surface area contributed by atoms with Crippen molar-refractivity contribution in [2.24, 2.45) is 5.14 Å². The van der Waals surface area contributed by atoms with Crippen LogP contribution in [0.25, 0.3) is 10.2 Å². The number of carbonyl (C=O) groups excluding carboxylic acids is 1. The molecule has 0 radical (unpaired) electrons. The average Bonchev–Trinajstić information content (AvgIpc) is 3.24. The van der Waals surface area contributed by atoms with E-state index in [0.29, 0.717) is 17.9 Å². The van der Waals surface area contributed by atoms with E-state index in [9.17, 15) is 17.6 Å². The standard InChI is InChI=1S/C20H16FN3O3S2/c21-14-3-1-2-13(10-14)12-24-17-8-9-28-19(17)11-18(24)20(25)23-15-4-6-16(7-5-15)29(22,26)27/h1-11H,12H2,(H,23,25)(H2,22,26,27). The van der Waals surface area contributed by atoms with Crippen LogP contribution in [0.3, 0.4) is 0 Å². The topological polar surface area (TPSA) is 94.2 Å². The van der Waals surface area contributed by atoms with Gasteiger partial charge in [0.25, 0.3) is 5.91 Å². The van der Waals surface area contributed by atoms with Crippen molar-refractivity contribution < 1.29 is 17.6 Å². The van der Waals surface area contributed by atoms with Crippen molar-refractivity contribution >= 4 is 43.2 Å². The predicted molar refractivity (Wildman–Crippen MR) is 111 cm³/mol. The Balaban J connectivity index is 1.65. The summed E-state index contributed by atoms with van der Waals surface area (Å²) in [5.74, 6) is -0.690. The van der Waals surface area contributed by atoms with Gasteiger partial charge in [-0.15, -0.1) is 11.3 Å². The first-order valence-corrected chi connectivity index (χ1v) is 11.0.